The second kappa shape index (κ2) is 4.47. The van der Waals surface area contributed by atoms with Crippen LogP contribution in [0.3, 0.4) is 0 Å². The SMILES string of the molecule is Cc1c(N)c(S(=O)(=O)Cl)cc(S(=O)(=O)Cl)c1Cl. The van der Waals surface area contributed by atoms with Crippen LogP contribution in [0, 0.1) is 6.92 Å². The van der Waals surface area contributed by atoms with Gasteiger partial charge in [-0.25, -0.2) is 16.8 Å². The summed E-state index contributed by atoms with van der Waals surface area (Å²) in [6.07, 6.45) is 0. The molecule has 1 rings (SSSR count). The third-order valence-electron chi connectivity index (χ3n) is 2.00. The Labute approximate surface area is 112 Å². The first-order valence-electron chi connectivity index (χ1n) is 3.94. The highest BCUT2D eigenvalue weighted by molar-refractivity contribution is 8.14. The molecule has 17 heavy (non-hydrogen) atoms. The summed E-state index contributed by atoms with van der Waals surface area (Å²) in [5, 5.41) is -0.235. The lowest BCUT2D eigenvalue weighted by atomic mass is 10.2. The molecule has 0 spiro atoms. The van der Waals surface area contributed by atoms with Gasteiger partial charge in [-0.05, 0) is 18.6 Å². The normalized spacial score (nSPS) is 12.7. The molecule has 0 aliphatic heterocycles. The standard InChI is InChI=1S/C7H6Cl3NO4S2/c1-3-6(8)4(16(9,12)13)2-5(7(3)11)17(10,14)15/h2H,11H2,1H3. The summed E-state index contributed by atoms with van der Waals surface area (Å²) < 4.78 is 44.8. The molecular weight excluding hydrogens is 333 g/mol. The maximum Gasteiger partial charge on any atom is 0.263 e. The Morgan fingerprint density at radius 1 is 1.06 bits per heavy atom. The van der Waals surface area contributed by atoms with E-state index < -0.39 is 27.9 Å². The van der Waals surface area contributed by atoms with Crippen molar-refractivity contribution in [1.82, 2.24) is 0 Å². The molecule has 10 heteroatoms. The molecule has 0 unspecified atom stereocenters. The second-order valence-electron chi connectivity index (χ2n) is 3.10. The van der Waals surface area contributed by atoms with Crippen LogP contribution >= 0.6 is 33.0 Å². The maximum absolute atomic E-state index is 11.2. The van der Waals surface area contributed by atoms with Crippen molar-refractivity contribution in [3.05, 3.63) is 16.7 Å². The Bertz CT molecular complexity index is 625. The zero-order valence-corrected chi connectivity index (χ0v) is 12.1. The number of nitrogens with two attached hydrogens (primary N) is 1. The Morgan fingerprint density at radius 2 is 1.47 bits per heavy atom. The molecule has 0 atom stereocenters. The third-order valence-corrected chi connectivity index (χ3v) is 5.31. The molecule has 0 saturated heterocycles. The molecule has 5 nitrogen and oxygen atoms in total. The average Bonchev–Trinajstić information content (AvgIpc) is 2.10. The van der Waals surface area contributed by atoms with Gasteiger partial charge in [0.05, 0.1) is 10.7 Å². The van der Waals surface area contributed by atoms with Crippen LogP contribution in [0.4, 0.5) is 5.69 Å². The van der Waals surface area contributed by atoms with E-state index in [1.54, 1.807) is 0 Å². The Hall–Kier alpha value is -0.210. The van der Waals surface area contributed by atoms with E-state index in [4.69, 9.17) is 38.7 Å². The minimum atomic E-state index is -4.19. The highest BCUT2D eigenvalue weighted by atomic mass is 35.7. The molecule has 0 heterocycles. The highest BCUT2D eigenvalue weighted by Crippen LogP contribution is 2.36. The van der Waals surface area contributed by atoms with E-state index in [2.05, 4.69) is 0 Å². The lowest BCUT2D eigenvalue weighted by molar-refractivity contribution is 0.608. The van der Waals surface area contributed by atoms with Crippen LogP contribution in [0.5, 0.6) is 0 Å². The van der Waals surface area contributed by atoms with E-state index in [0.29, 0.717) is 0 Å². The molecule has 2 N–H and O–H groups in total. The predicted octanol–water partition coefficient (Wildman–Crippen LogP) is 2.09. The fourth-order valence-corrected chi connectivity index (χ4v) is 3.83. The van der Waals surface area contributed by atoms with Gasteiger partial charge in [0.15, 0.2) is 0 Å². The van der Waals surface area contributed by atoms with E-state index in [9.17, 15) is 16.8 Å². The van der Waals surface area contributed by atoms with Crippen molar-refractivity contribution in [3.8, 4) is 0 Å². The fraction of sp³-hybridized carbons (Fsp3) is 0.143. The summed E-state index contributed by atoms with van der Waals surface area (Å²) in [5.41, 5.74) is 5.36. The van der Waals surface area contributed by atoms with Gasteiger partial charge in [-0.2, -0.15) is 0 Å². The molecule has 1 aromatic carbocycles. The minimum absolute atomic E-state index is 0.0765. The van der Waals surface area contributed by atoms with Crippen LogP contribution in [0.2, 0.25) is 5.02 Å². The summed E-state index contributed by atoms with van der Waals surface area (Å²) in [6, 6.07) is 0.731. The monoisotopic (exact) mass is 337 g/mol. The van der Waals surface area contributed by atoms with Gasteiger partial charge in [0, 0.05) is 21.4 Å². The lowest BCUT2D eigenvalue weighted by Gasteiger charge is -2.10. The van der Waals surface area contributed by atoms with Crippen LogP contribution in [0.1, 0.15) is 5.56 Å². The third kappa shape index (κ3) is 2.97. The van der Waals surface area contributed by atoms with Gasteiger partial charge in [-0.1, -0.05) is 11.6 Å². The highest BCUT2D eigenvalue weighted by Gasteiger charge is 2.25. The number of benzene rings is 1. The maximum atomic E-state index is 11.2. The molecule has 1 aromatic rings. The minimum Gasteiger partial charge on any atom is -0.397 e. The molecule has 0 bridgehead atoms. The molecule has 0 saturated carbocycles. The smallest absolute Gasteiger partial charge is 0.263 e. The van der Waals surface area contributed by atoms with Gasteiger partial charge in [0.2, 0.25) is 0 Å². The summed E-state index contributed by atoms with van der Waals surface area (Å²) in [4.78, 5) is -1.09. The van der Waals surface area contributed by atoms with Crippen LogP contribution < -0.4 is 5.73 Å². The van der Waals surface area contributed by atoms with Gasteiger partial charge >= 0.3 is 0 Å². The zero-order valence-electron chi connectivity index (χ0n) is 8.24. The van der Waals surface area contributed by atoms with Crippen LogP contribution in [0.25, 0.3) is 0 Å². The van der Waals surface area contributed by atoms with Crippen molar-refractivity contribution >= 4 is 56.8 Å². The van der Waals surface area contributed by atoms with Crippen LogP contribution in [-0.2, 0) is 18.1 Å². The summed E-state index contributed by atoms with van der Waals surface area (Å²) >= 11 is 5.72. The van der Waals surface area contributed by atoms with Gasteiger partial charge in [0.1, 0.15) is 9.79 Å². The number of anilines is 1. The van der Waals surface area contributed by atoms with Crippen LogP contribution in [-0.4, -0.2) is 16.8 Å². The number of halogens is 3. The van der Waals surface area contributed by atoms with Crippen molar-refractivity contribution in [1.29, 1.82) is 0 Å². The Kier molecular flexibility index (Phi) is 3.91. The molecule has 0 amide bonds. The number of hydrogen-bond donors (Lipinski definition) is 1. The molecule has 96 valence electrons. The van der Waals surface area contributed by atoms with Gasteiger partial charge in [-0.3, -0.25) is 0 Å². The van der Waals surface area contributed by atoms with E-state index in [1.165, 1.54) is 6.92 Å². The van der Waals surface area contributed by atoms with E-state index in [1.807, 2.05) is 0 Å². The van der Waals surface area contributed by atoms with Crippen molar-refractivity contribution in [2.75, 3.05) is 5.73 Å². The Balaban J connectivity index is 3.88. The first-order valence-corrected chi connectivity index (χ1v) is 8.94. The predicted molar refractivity (Wildman–Crippen MR) is 66.7 cm³/mol. The zero-order chi connectivity index (χ0) is 13.6. The van der Waals surface area contributed by atoms with Crippen molar-refractivity contribution in [3.63, 3.8) is 0 Å². The van der Waals surface area contributed by atoms with Gasteiger partial charge < -0.3 is 5.73 Å². The van der Waals surface area contributed by atoms with Crippen molar-refractivity contribution in [2.24, 2.45) is 0 Å². The van der Waals surface area contributed by atoms with Crippen molar-refractivity contribution < 1.29 is 16.8 Å². The molecule has 0 aliphatic rings. The average molecular weight is 339 g/mol. The molecular formula is C7H6Cl3NO4S2. The Morgan fingerprint density at radius 3 is 1.82 bits per heavy atom. The number of rotatable bonds is 2. The first-order chi connectivity index (χ1) is 7.46. The first kappa shape index (κ1) is 14.8. The molecule has 0 radical (unpaired) electrons. The lowest BCUT2D eigenvalue weighted by Crippen LogP contribution is -2.05. The number of nitrogen functional groups attached to an aromatic ring is 1. The van der Waals surface area contributed by atoms with E-state index in [0.717, 1.165) is 6.07 Å². The summed E-state index contributed by atoms with van der Waals surface area (Å²) in [7, 11) is 1.86. The molecule has 0 fully saturated rings. The van der Waals surface area contributed by atoms with Gasteiger partial charge in [-0.15, -0.1) is 0 Å². The quantitative estimate of drug-likeness (QED) is 0.658. The van der Waals surface area contributed by atoms with Crippen LogP contribution in [0.15, 0.2) is 15.9 Å². The van der Waals surface area contributed by atoms with E-state index >= 15 is 0 Å². The summed E-state index contributed by atoms with van der Waals surface area (Å²) in [5.74, 6) is 0. The van der Waals surface area contributed by atoms with Gasteiger partial charge in [0.25, 0.3) is 18.1 Å². The fourth-order valence-electron chi connectivity index (χ4n) is 1.13. The topological polar surface area (TPSA) is 94.3 Å². The molecule has 0 aliphatic carbocycles. The van der Waals surface area contributed by atoms with Crippen molar-refractivity contribution in [2.45, 2.75) is 16.7 Å². The molecule has 0 aromatic heterocycles. The summed E-state index contributed by atoms with van der Waals surface area (Å²) in [6.45, 7) is 1.36. The number of hydrogen-bond acceptors (Lipinski definition) is 5. The largest absolute Gasteiger partial charge is 0.397 e. The second-order valence-corrected chi connectivity index (χ2v) is 8.55. The van der Waals surface area contributed by atoms with E-state index in [-0.39, 0.29) is 16.3 Å².